The first-order valence-corrected chi connectivity index (χ1v) is 6.51. The van der Waals surface area contributed by atoms with Gasteiger partial charge in [0.15, 0.2) is 5.78 Å². The van der Waals surface area contributed by atoms with Crippen LogP contribution in [-0.2, 0) is 20.7 Å². The zero-order valence-electron chi connectivity index (χ0n) is 10.4. The first kappa shape index (κ1) is 12.8. The average molecular weight is 262 g/mol. The minimum atomic E-state index is -0.420. The number of carbonyl (C=O) groups is 2. The molecule has 0 radical (unpaired) electrons. The molecule has 1 aromatic carbocycles. The number of benzene rings is 1. The maximum Gasteiger partial charge on any atom is 0.303 e. The minimum Gasteiger partial charge on any atom is -0.458 e. The van der Waals surface area contributed by atoms with E-state index in [0.717, 1.165) is 10.4 Å². The summed E-state index contributed by atoms with van der Waals surface area (Å²) in [7, 11) is 0. The average Bonchev–Trinajstić information content (AvgIpc) is 2.65. The van der Waals surface area contributed by atoms with Gasteiger partial charge in [0.2, 0.25) is 0 Å². The molecule has 0 atom stereocenters. The van der Waals surface area contributed by atoms with E-state index in [0.29, 0.717) is 6.42 Å². The summed E-state index contributed by atoms with van der Waals surface area (Å²) < 4.78 is 5.89. The van der Waals surface area contributed by atoms with Crippen LogP contribution in [0.1, 0.15) is 17.4 Å². The highest BCUT2D eigenvalue weighted by Crippen LogP contribution is 2.30. The molecule has 0 N–H and O–H groups in total. The second kappa shape index (κ2) is 5.31. The Kier molecular flexibility index (Phi) is 3.77. The zero-order chi connectivity index (χ0) is 13.1. The molecule has 2 aromatic rings. The number of esters is 1. The lowest BCUT2D eigenvalue weighted by Gasteiger charge is -2.01. The molecule has 3 nitrogen and oxygen atoms in total. The highest BCUT2D eigenvalue weighted by molar-refractivity contribution is 7.19. The van der Waals surface area contributed by atoms with Crippen molar-refractivity contribution in [3.8, 4) is 0 Å². The van der Waals surface area contributed by atoms with Crippen LogP contribution < -0.4 is 0 Å². The molecule has 0 saturated carbocycles. The summed E-state index contributed by atoms with van der Waals surface area (Å²) in [6.07, 6.45) is 0.332. The van der Waals surface area contributed by atoms with Crippen LogP contribution in [0, 0.1) is 6.92 Å². The molecule has 0 amide bonds. The van der Waals surface area contributed by atoms with Gasteiger partial charge in [0, 0.05) is 22.9 Å². The van der Waals surface area contributed by atoms with Crippen molar-refractivity contribution in [3.05, 3.63) is 34.7 Å². The summed E-state index contributed by atoms with van der Waals surface area (Å²) in [5, 5.41) is 1.19. The highest BCUT2D eigenvalue weighted by Gasteiger charge is 2.12. The van der Waals surface area contributed by atoms with Crippen molar-refractivity contribution in [2.45, 2.75) is 20.3 Å². The van der Waals surface area contributed by atoms with E-state index < -0.39 is 5.97 Å². The first-order valence-electron chi connectivity index (χ1n) is 5.70. The fourth-order valence-corrected chi connectivity index (χ4v) is 3.05. The van der Waals surface area contributed by atoms with E-state index in [-0.39, 0.29) is 12.4 Å². The lowest BCUT2D eigenvalue weighted by molar-refractivity contribution is -0.145. The molecule has 94 valence electrons. The summed E-state index contributed by atoms with van der Waals surface area (Å²) in [6.45, 7) is 3.19. The summed E-state index contributed by atoms with van der Waals surface area (Å²) in [4.78, 5) is 23.4. The Labute approximate surface area is 109 Å². The van der Waals surface area contributed by atoms with Gasteiger partial charge in [0.25, 0.3) is 0 Å². The van der Waals surface area contributed by atoms with Crippen LogP contribution in [0.3, 0.4) is 0 Å². The van der Waals surface area contributed by atoms with Gasteiger partial charge in [-0.05, 0) is 23.9 Å². The molecule has 1 heterocycles. The van der Waals surface area contributed by atoms with E-state index in [1.807, 2.05) is 25.1 Å². The molecule has 0 saturated heterocycles. The Bertz CT molecular complexity index is 598. The maximum absolute atomic E-state index is 11.7. The number of thiophene rings is 1. The molecule has 0 spiro atoms. The van der Waals surface area contributed by atoms with Crippen LogP contribution in [0.25, 0.3) is 10.1 Å². The van der Waals surface area contributed by atoms with Crippen molar-refractivity contribution in [1.29, 1.82) is 0 Å². The third-order valence-electron chi connectivity index (χ3n) is 2.74. The molecule has 0 fully saturated rings. The van der Waals surface area contributed by atoms with Crippen molar-refractivity contribution < 1.29 is 14.3 Å². The van der Waals surface area contributed by atoms with Crippen molar-refractivity contribution in [2.24, 2.45) is 0 Å². The summed E-state index contributed by atoms with van der Waals surface area (Å²) in [6, 6.07) is 8.09. The first-order chi connectivity index (χ1) is 8.58. The van der Waals surface area contributed by atoms with Crippen LogP contribution in [0.2, 0.25) is 0 Å². The van der Waals surface area contributed by atoms with Gasteiger partial charge in [-0.1, -0.05) is 18.2 Å². The van der Waals surface area contributed by atoms with Crippen molar-refractivity contribution in [2.75, 3.05) is 6.61 Å². The van der Waals surface area contributed by atoms with Crippen molar-refractivity contribution in [3.63, 3.8) is 0 Å². The molecule has 0 aliphatic carbocycles. The molecular weight excluding hydrogens is 248 g/mol. The largest absolute Gasteiger partial charge is 0.458 e. The normalized spacial score (nSPS) is 10.6. The van der Waals surface area contributed by atoms with Gasteiger partial charge in [0.1, 0.15) is 6.61 Å². The number of rotatable bonds is 4. The predicted octanol–water partition coefficient (Wildman–Crippen LogP) is 2.88. The van der Waals surface area contributed by atoms with E-state index in [2.05, 4.69) is 6.07 Å². The quantitative estimate of drug-likeness (QED) is 0.796. The molecule has 1 aromatic heterocycles. The maximum atomic E-state index is 11.7. The monoisotopic (exact) mass is 262 g/mol. The SMILES string of the molecule is CC(=O)OCC(=O)Cc1sc2ccccc2c1C. The lowest BCUT2D eigenvalue weighted by atomic mass is 10.1. The van der Waals surface area contributed by atoms with Crippen LogP contribution >= 0.6 is 11.3 Å². The van der Waals surface area contributed by atoms with Gasteiger partial charge in [-0.2, -0.15) is 0 Å². The third kappa shape index (κ3) is 2.76. The van der Waals surface area contributed by atoms with Gasteiger partial charge < -0.3 is 4.74 Å². The van der Waals surface area contributed by atoms with Gasteiger partial charge in [-0.15, -0.1) is 11.3 Å². The molecule has 0 unspecified atom stereocenters. The fraction of sp³-hybridized carbons (Fsp3) is 0.286. The molecule has 0 bridgehead atoms. The van der Waals surface area contributed by atoms with E-state index in [4.69, 9.17) is 4.74 Å². The standard InChI is InChI=1S/C14H14O3S/c1-9-12-5-3-4-6-13(12)18-14(9)7-11(16)8-17-10(2)15/h3-6H,7-8H2,1-2H3. The summed E-state index contributed by atoms with van der Waals surface area (Å²) >= 11 is 1.63. The number of aryl methyl sites for hydroxylation is 1. The molecule has 0 aliphatic heterocycles. The molecular formula is C14H14O3S. The number of Topliss-reactive ketones (excluding diaryl/α,β-unsaturated/α-hetero) is 1. The Morgan fingerprint density at radius 1 is 1.28 bits per heavy atom. The number of ether oxygens (including phenoxy) is 1. The van der Waals surface area contributed by atoms with E-state index in [1.165, 1.54) is 17.0 Å². The highest BCUT2D eigenvalue weighted by atomic mass is 32.1. The van der Waals surface area contributed by atoms with Gasteiger partial charge in [0.05, 0.1) is 0 Å². The lowest BCUT2D eigenvalue weighted by Crippen LogP contribution is -2.13. The molecule has 2 rings (SSSR count). The van der Waals surface area contributed by atoms with Crippen LogP contribution in [-0.4, -0.2) is 18.4 Å². The third-order valence-corrected chi connectivity index (χ3v) is 4.01. The second-order valence-corrected chi connectivity index (χ2v) is 5.28. The van der Waals surface area contributed by atoms with E-state index >= 15 is 0 Å². The topological polar surface area (TPSA) is 43.4 Å². The number of hydrogen-bond acceptors (Lipinski definition) is 4. The Morgan fingerprint density at radius 2 is 2.00 bits per heavy atom. The van der Waals surface area contributed by atoms with Gasteiger partial charge in [-0.3, -0.25) is 9.59 Å². The Morgan fingerprint density at radius 3 is 2.67 bits per heavy atom. The fourth-order valence-electron chi connectivity index (χ4n) is 1.81. The van der Waals surface area contributed by atoms with Gasteiger partial charge >= 0.3 is 5.97 Å². The smallest absolute Gasteiger partial charge is 0.303 e. The van der Waals surface area contributed by atoms with E-state index in [1.54, 1.807) is 11.3 Å². The Balaban J connectivity index is 2.14. The van der Waals surface area contributed by atoms with E-state index in [9.17, 15) is 9.59 Å². The Hall–Kier alpha value is -1.68. The minimum absolute atomic E-state index is 0.0696. The van der Waals surface area contributed by atoms with Crippen LogP contribution in [0.15, 0.2) is 24.3 Å². The number of carbonyl (C=O) groups excluding carboxylic acids is 2. The number of hydrogen-bond donors (Lipinski definition) is 0. The molecule has 18 heavy (non-hydrogen) atoms. The molecule has 0 aliphatic rings. The number of fused-ring (bicyclic) bond motifs is 1. The summed E-state index contributed by atoms with van der Waals surface area (Å²) in [5.74, 6) is -0.490. The van der Waals surface area contributed by atoms with Crippen molar-refractivity contribution >= 4 is 33.2 Å². The van der Waals surface area contributed by atoms with Gasteiger partial charge in [-0.25, -0.2) is 0 Å². The summed E-state index contributed by atoms with van der Waals surface area (Å²) in [5.41, 5.74) is 1.15. The zero-order valence-corrected chi connectivity index (χ0v) is 11.2. The van der Waals surface area contributed by atoms with Crippen LogP contribution in [0.5, 0.6) is 0 Å². The second-order valence-electron chi connectivity index (χ2n) is 4.14. The number of ketones is 1. The predicted molar refractivity (Wildman–Crippen MR) is 71.9 cm³/mol. The van der Waals surface area contributed by atoms with Crippen molar-refractivity contribution in [1.82, 2.24) is 0 Å². The molecule has 4 heteroatoms. The van der Waals surface area contributed by atoms with Crippen LogP contribution in [0.4, 0.5) is 0 Å².